The van der Waals surface area contributed by atoms with Crippen molar-refractivity contribution < 1.29 is 4.79 Å². The Morgan fingerprint density at radius 2 is 1.33 bits per heavy atom. The first-order valence-corrected chi connectivity index (χ1v) is 9.97. The highest BCUT2D eigenvalue weighted by Gasteiger charge is 2.14. The molecular weight excluding hydrogens is 376 g/mol. The maximum Gasteiger partial charge on any atom is 0.332 e. The van der Waals surface area contributed by atoms with Gasteiger partial charge in [0, 0.05) is 12.0 Å². The molecule has 0 amide bonds. The van der Waals surface area contributed by atoms with E-state index in [9.17, 15) is 14.4 Å². The molecule has 5 heteroatoms. The van der Waals surface area contributed by atoms with Gasteiger partial charge in [0.05, 0.1) is 24.0 Å². The van der Waals surface area contributed by atoms with Gasteiger partial charge >= 0.3 is 5.69 Å². The van der Waals surface area contributed by atoms with E-state index in [1.165, 1.54) is 4.57 Å². The van der Waals surface area contributed by atoms with Gasteiger partial charge in [-0.25, -0.2) is 4.79 Å². The maximum atomic E-state index is 13.3. The van der Waals surface area contributed by atoms with Gasteiger partial charge in [-0.15, -0.1) is 0 Å². The molecule has 150 valence electrons. The Morgan fingerprint density at radius 1 is 0.733 bits per heavy atom. The molecule has 0 aliphatic heterocycles. The SMILES string of the molecule is CCC(=O)c1ccc(Cn2c(=O)n(Cc3ccccc3)c(=O)c3ccccc32)cc1. The quantitative estimate of drug-likeness (QED) is 0.464. The van der Waals surface area contributed by atoms with Crippen molar-refractivity contribution in [2.24, 2.45) is 0 Å². The number of ketones is 1. The molecule has 0 atom stereocenters. The summed E-state index contributed by atoms with van der Waals surface area (Å²) in [6.45, 7) is 2.36. The number of Topliss-reactive ketones (excluding diaryl/α,β-unsaturated/α-hetero) is 1. The Balaban J connectivity index is 1.82. The van der Waals surface area contributed by atoms with E-state index in [-0.39, 0.29) is 23.6 Å². The van der Waals surface area contributed by atoms with Crippen LogP contribution in [0, 0.1) is 0 Å². The van der Waals surface area contributed by atoms with Crippen LogP contribution in [0.1, 0.15) is 34.8 Å². The van der Waals surface area contributed by atoms with Crippen LogP contribution in [0.2, 0.25) is 0 Å². The minimum absolute atomic E-state index is 0.0839. The van der Waals surface area contributed by atoms with Gasteiger partial charge in [-0.05, 0) is 23.3 Å². The molecule has 0 saturated carbocycles. The lowest BCUT2D eigenvalue weighted by molar-refractivity contribution is 0.0988. The number of carbonyl (C=O) groups excluding carboxylic acids is 1. The molecule has 4 aromatic rings. The van der Waals surface area contributed by atoms with Crippen molar-refractivity contribution in [2.75, 3.05) is 0 Å². The highest BCUT2D eigenvalue weighted by Crippen LogP contribution is 2.13. The Bertz CT molecular complexity index is 1320. The van der Waals surface area contributed by atoms with Gasteiger partial charge in [0.2, 0.25) is 0 Å². The van der Waals surface area contributed by atoms with Gasteiger partial charge in [-0.2, -0.15) is 0 Å². The number of nitrogens with zero attached hydrogens (tertiary/aromatic N) is 2. The molecule has 1 aromatic heterocycles. The van der Waals surface area contributed by atoms with Crippen LogP contribution in [0.3, 0.4) is 0 Å². The number of rotatable bonds is 6. The molecule has 5 nitrogen and oxygen atoms in total. The number of aromatic nitrogens is 2. The van der Waals surface area contributed by atoms with Crippen molar-refractivity contribution in [3.8, 4) is 0 Å². The van der Waals surface area contributed by atoms with E-state index in [1.54, 1.807) is 34.9 Å². The molecule has 0 unspecified atom stereocenters. The summed E-state index contributed by atoms with van der Waals surface area (Å²) in [4.78, 5) is 38.2. The van der Waals surface area contributed by atoms with Crippen LogP contribution >= 0.6 is 0 Å². The molecular formula is C25H22N2O3. The third kappa shape index (κ3) is 3.74. The predicted octanol–water partition coefficient (Wildman–Crippen LogP) is 3.85. The lowest BCUT2D eigenvalue weighted by Crippen LogP contribution is -2.40. The third-order valence-corrected chi connectivity index (χ3v) is 5.25. The fourth-order valence-corrected chi connectivity index (χ4v) is 3.61. The van der Waals surface area contributed by atoms with Gasteiger partial charge in [0.15, 0.2) is 5.78 Å². The minimum Gasteiger partial charge on any atom is -0.294 e. The summed E-state index contributed by atoms with van der Waals surface area (Å²) < 4.78 is 2.91. The molecule has 1 heterocycles. The largest absolute Gasteiger partial charge is 0.332 e. The van der Waals surface area contributed by atoms with Crippen molar-refractivity contribution in [3.05, 3.63) is 116 Å². The average Bonchev–Trinajstić information content (AvgIpc) is 2.80. The summed E-state index contributed by atoms with van der Waals surface area (Å²) in [7, 11) is 0. The monoisotopic (exact) mass is 398 g/mol. The van der Waals surface area contributed by atoms with E-state index in [4.69, 9.17) is 0 Å². The standard InChI is InChI=1S/C25H22N2O3/c1-2-23(28)20-14-12-19(13-15-20)16-26-22-11-7-6-10-21(22)24(29)27(25(26)30)17-18-8-4-3-5-9-18/h3-15H,2,16-17H2,1H3. The number of benzene rings is 3. The van der Waals surface area contributed by atoms with Crippen molar-refractivity contribution in [1.82, 2.24) is 9.13 Å². The number of hydrogen-bond donors (Lipinski definition) is 0. The first kappa shape index (κ1) is 19.6. The van der Waals surface area contributed by atoms with Gasteiger partial charge < -0.3 is 0 Å². The number of hydrogen-bond acceptors (Lipinski definition) is 3. The average molecular weight is 398 g/mol. The topological polar surface area (TPSA) is 61.1 Å². The van der Waals surface area contributed by atoms with E-state index in [1.807, 2.05) is 55.5 Å². The fraction of sp³-hybridized carbons (Fsp3) is 0.160. The zero-order valence-electron chi connectivity index (χ0n) is 16.7. The zero-order valence-corrected chi connectivity index (χ0v) is 16.7. The van der Waals surface area contributed by atoms with E-state index in [0.717, 1.165) is 11.1 Å². The Labute approximate surface area is 173 Å². The number of para-hydroxylation sites is 1. The fourth-order valence-electron chi connectivity index (χ4n) is 3.61. The summed E-state index contributed by atoms with van der Waals surface area (Å²) in [6, 6.07) is 23.9. The van der Waals surface area contributed by atoms with E-state index in [2.05, 4.69) is 0 Å². The molecule has 4 rings (SSSR count). The molecule has 0 fully saturated rings. The molecule has 0 aliphatic carbocycles. The summed E-state index contributed by atoms with van der Waals surface area (Å²) >= 11 is 0. The molecule has 0 N–H and O–H groups in total. The van der Waals surface area contributed by atoms with Gasteiger partial charge in [-0.1, -0.05) is 73.7 Å². The number of fused-ring (bicyclic) bond motifs is 1. The van der Waals surface area contributed by atoms with Gasteiger partial charge in [0.25, 0.3) is 5.56 Å². The smallest absolute Gasteiger partial charge is 0.294 e. The first-order valence-electron chi connectivity index (χ1n) is 9.97. The van der Waals surface area contributed by atoms with Crippen molar-refractivity contribution >= 4 is 16.7 Å². The van der Waals surface area contributed by atoms with E-state index in [0.29, 0.717) is 29.4 Å². The Kier molecular flexibility index (Phi) is 5.44. The number of carbonyl (C=O) groups is 1. The lowest BCUT2D eigenvalue weighted by Gasteiger charge is -2.14. The van der Waals surface area contributed by atoms with E-state index < -0.39 is 0 Å². The third-order valence-electron chi connectivity index (χ3n) is 5.25. The van der Waals surface area contributed by atoms with Crippen LogP contribution < -0.4 is 11.2 Å². The molecule has 0 aliphatic rings. The van der Waals surface area contributed by atoms with Crippen molar-refractivity contribution in [2.45, 2.75) is 26.4 Å². The summed E-state index contributed by atoms with van der Waals surface area (Å²) in [6.07, 6.45) is 0.452. The molecule has 0 spiro atoms. The highest BCUT2D eigenvalue weighted by atomic mass is 16.2. The van der Waals surface area contributed by atoms with Gasteiger partial charge in [-0.3, -0.25) is 18.7 Å². The second-order valence-corrected chi connectivity index (χ2v) is 7.24. The summed E-state index contributed by atoms with van der Waals surface area (Å²) in [5.74, 6) is 0.0839. The van der Waals surface area contributed by atoms with Crippen LogP contribution in [-0.2, 0) is 13.1 Å². The second-order valence-electron chi connectivity index (χ2n) is 7.24. The predicted molar refractivity (Wildman–Crippen MR) is 118 cm³/mol. The van der Waals surface area contributed by atoms with Crippen LogP contribution in [0.15, 0.2) is 88.5 Å². The normalized spacial score (nSPS) is 11.0. The van der Waals surface area contributed by atoms with Crippen molar-refractivity contribution in [1.29, 1.82) is 0 Å². The van der Waals surface area contributed by atoms with Gasteiger partial charge in [0.1, 0.15) is 0 Å². The maximum absolute atomic E-state index is 13.3. The summed E-state index contributed by atoms with van der Waals surface area (Å²) in [5, 5.41) is 0.505. The molecule has 0 radical (unpaired) electrons. The van der Waals surface area contributed by atoms with Crippen molar-refractivity contribution in [3.63, 3.8) is 0 Å². The minimum atomic E-state index is -0.351. The molecule has 30 heavy (non-hydrogen) atoms. The van der Waals surface area contributed by atoms with Crippen LogP contribution in [0.5, 0.6) is 0 Å². The highest BCUT2D eigenvalue weighted by molar-refractivity contribution is 5.95. The van der Waals surface area contributed by atoms with Crippen LogP contribution in [0.4, 0.5) is 0 Å². The molecule has 0 bridgehead atoms. The molecule has 3 aromatic carbocycles. The first-order chi connectivity index (χ1) is 14.6. The Hall–Kier alpha value is -3.73. The zero-order chi connectivity index (χ0) is 21.1. The second kappa shape index (κ2) is 8.33. The lowest BCUT2D eigenvalue weighted by atomic mass is 10.1. The molecule has 0 saturated heterocycles. The Morgan fingerprint density at radius 3 is 2.03 bits per heavy atom. The summed E-state index contributed by atoms with van der Waals surface area (Å²) in [5.41, 5.74) is 2.40. The van der Waals surface area contributed by atoms with E-state index >= 15 is 0 Å². The van der Waals surface area contributed by atoms with Crippen LogP contribution in [0.25, 0.3) is 10.9 Å². The van der Waals surface area contributed by atoms with Crippen LogP contribution in [-0.4, -0.2) is 14.9 Å².